The number of hydrogen-bond acceptors (Lipinski definition) is 3. The molecular formula is C12H17IN2O2. The van der Waals surface area contributed by atoms with Crippen molar-refractivity contribution in [1.29, 1.82) is 0 Å². The number of rotatable bonds is 3. The van der Waals surface area contributed by atoms with E-state index in [0.717, 1.165) is 12.8 Å². The third kappa shape index (κ3) is 3.07. The zero-order valence-electron chi connectivity index (χ0n) is 9.91. The van der Waals surface area contributed by atoms with Gasteiger partial charge in [0.1, 0.15) is 11.9 Å². The molecule has 1 saturated carbocycles. The lowest BCUT2D eigenvalue weighted by Gasteiger charge is -2.28. The van der Waals surface area contributed by atoms with Crippen LogP contribution in [0.1, 0.15) is 44.0 Å². The first-order valence-electron chi connectivity index (χ1n) is 6.00. The molecule has 1 aliphatic rings. The Balaban J connectivity index is 2.21. The van der Waals surface area contributed by atoms with E-state index in [-0.39, 0.29) is 11.7 Å². The molecule has 5 heteroatoms. The molecule has 0 aliphatic heterocycles. The minimum atomic E-state index is -0.0755. The van der Waals surface area contributed by atoms with Gasteiger partial charge in [-0.3, -0.25) is 4.79 Å². The zero-order valence-corrected chi connectivity index (χ0v) is 12.1. The number of nitrogens with zero attached hydrogens (tertiary/aromatic N) is 1. The van der Waals surface area contributed by atoms with Gasteiger partial charge in [-0.1, -0.05) is 19.3 Å². The van der Waals surface area contributed by atoms with Crippen molar-refractivity contribution in [2.75, 3.05) is 7.11 Å². The van der Waals surface area contributed by atoms with Crippen molar-refractivity contribution in [3.8, 4) is 0 Å². The van der Waals surface area contributed by atoms with Gasteiger partial charge in [-0.25, -0.2) is 4.98 Å². The summed E-state index contributed by atoms with van der Waals surface area (Å²) in [6.07, 6.45) is 7.67. The molecule has 1 N–H and O–H groups in total. The number of halogens is 1. The minimum absolute atomic E-state index is 0.0694. The fourth-order valence-electron chi connectivity index (χ4n) is 2.50. The second kappa shape index (κ2) is 5.95. The average Bonchev–Trinajstić information content (AvgIpc) is 2.36. The summed E-state index contributed by atoms with van der Waals surface area (Å²) >= 11 is 1.98. The van der Waals surface area contributed by atoms with Crippen LogP contribution >= 0.6 is 22.6 Å². The highest BCUT2D eigenvalue weighted by Gasteiger charge is 2.26. The molecule has 1 aromatic rings. The molecule has 1 fully saturated rings. The SMILES string of the molecule is COC(c1ncc(I)c(=O)[nH]1)C1CCCCC1. The van der Waals surface area contributed by atoms with Gasteiger partial charge in [0.2, 0.25) is 0 Å². The van der Waals surface area contributed by atoms with Gasteiger partial charge < -0.3 is 9.72 Å². The Hall–Kier alpha value is -0.430. The van der Waals surface area contributed by atoms with Gasteiger partial charge in [-0.15, -0.1) is 0 Å². The van der Waals surface area contributed by atoms with Crippen LogP contribution in [-0.2, 0) is 4.74 Å². The second-order valence-corrected chi connectivity index (χ2v) is 5.66. The van der Waals surface area contributed by atoms with Crippen LogP contribution in [0.25, 0.3) is 0 Å². The van der Waals surface area contributed by atoms with Gasteiger partial charge in [0.05, 0.1) is 3.57 Å². The maximum absolute atomic E-state index is 11.6. The van der Waals surface area contributed by atoms with E-state index in [1.165, 1.54) is 19.3 Å². The third-order valence-electron chi connectivity index (χ3n) is 3.38. The molecule has 0 amide bonds. The minimum Gasteiger partial charge on any atom is -0.373 e. The summed E-state index contributed by atoms with van der Waals surface area (Å²) in [4.78, 5) is 18.7. The molecule has 94 valence electrons. The predicted octanol–water partition coefficient (Wildman–Crippen LogP) is 2.64. The molecule has 4 nitrogen and oxygen atoms in total. The first-order chi connectivity index (χ1) is 8.22. The van der Waals surface area contributed by atoms with Crippen molar-refractivity contribution in [3.05, 3.63) is 25.9 Å². The monoisotopic (exact) mass is 348 g/mol. The van der Waals surface area contributed by atoms with Gasteiger partial charge in [0.15, 0.2) is 0 Å². The number of aromatic amines is 1. The Morgan fingerprint density at radius 1 is 1.47 bits per heavy atom. The maximum atomic E-state index is 11.6. The molecule has 1 heterocycles. The van der Waals surface area contributed by atoms with Gasteiger partial charge in [0.25, 0.3) is 5.56 Å². The standard InChI is InChI=1S/C12H17IN2O2/c1-17-10(8-5-3-2-4-6-8)11-14-7-9(13)12(16)15-11/h7-8,10H,2-6H2,1H3,(H,14,15,16). The Labute approximate surface area is 114 Å². The zero-order chi connectivity index (χ0) is 12.3. The molecule has 1 aliphatic carbocycles. The van der Waals surface area contributed by atoms with Crippen molar-refractivity contribution in [2.24, 2.45) is 5.92 Å². The Bertz CT molecular complexity index is 427. The van der Waals surface area contributed by atoms with Crippen molar-refractivity contribution in [1.82, 2.24) is 9.97 Å². The molecule has 1 atom stereocenters. The third-order valence-corrected chi connectivity index (χ3v) is 4.15. The van der Waals surface area contributed by atoms with Crippen LogP contribution in [0.5, 0.6) is 0 Å². The van der Waals surface area contributed by atoms with E-state index < -0.39 is 0 Å². The lowest BCUT2D eigenvalue weighted by atomic mass is 9.85. The van der Waals surface area contributed by atoms with E-state index in [1.54, 1.807) is 13.3 Å². The van der Waals surface area contributed by atoms with E-state index in [2.05, 4.69) is 9.97 Å². The molecule has 17 heavy (non-hydrogen) atoms. The summed E-state index contributed by atoms with van der Waals surface area (Å²) in [5, 5.41) is 0. The second-order valence-electron chi connectivity index (χ2n) is 4.50. The molecule has 1 aromatic heterocycles. The summed E-state index contributed by atoms with van der Waals surface area (Å²) in [5.41, 5.74) is -0.0755. The largest absolute Gasteiger partial charge is 0.373 e. The van der Waals surface area contributed by atoms with Crippen LogP contribution in [0.2, 0.25) is 0 Å². The summed E-state index contributed by atoms with van der Waals surface area (Å²) in [6.45, 7) is 0. The van der Waals surface area contributed by atoms with E-state index in [1.807, 2.05) is 22.6 Å². The lowest BCUT2D eigenvalue weighted by Crippen LogP contribution is -2.23. The van der Waals surface area contributed by atoms with Crippen molar-refractivity contribution >= 4 is 22.6 Å². The number of methoxy groups -OCH3 is 1. The molecule has 1 unspecified atom stereocenters. The van der Waals surface area contributed by atoms with E-state index in [9.17, 15) is 4.79 Å². The summed E-state index contributed by atoms with van der Waals surface area (Å²) in [6, 6.07) is 0. The normalized spacial score (nSPS) is 19.2. The van der Waals surface area contributed by atoms with Gasteiger partial charge >= 0.3 is 0 Å². The number of nitrogens with one attached hydrogen (secondary N) is 1. The van der Waals surface area contributed by atoms with Crippen LogP contribution in [0.4, 0.5) is 0 Å². The number of hydrogen-bond donors (Lipinski definition) is 1. The number of aromatic nitrogens is 2. The molecule has 0 spiro atoms. The van der Waals surface area contributed by atoms with Crippen LogP contribution in [0.15, 0.2) is 11.0 Å². The van der Waals surface area contributed by atoms with Crippen molar-refractivity contribution in [3.63, 3.8) is 0 Å². The van der Waals surface area contributed by atoms with E-state index in [0.29, 0.717) is 15.3 Å². The molecule has 2 rings (SSSR count). The van der Waals surface area contributed by atoms with E-state index >= 15 is 0 Å². The van der Waals surface area contributed by atoms with Crippen LogP contribution in [0.3, 0.4) is 0 Å². The summed E-state index contributed by atoms with van der Waals surface area (Å²) in [7, 11) is 1.69. The predicted molar refractivity (Wildman–Crippen MR) is 73.9 cm³/mol. The quantitative estimate of drug-likeness (QED) is 0.855. The Kier molecular flexibility index (Phi) is 4.55. The maximum Gasteiger partial charge on any atom is 0.264 e. The Morgan fingerprint density at radius 3 is 2.76 bits per heavy atom. The highest BCUT2D eigenvalue weighted by Crippen LogP contribution is 2.34. The van der Waals surface area contributed by atoms with Crippen LogP contribution in [0, 0.1) is 9.49 Å². The smallest absolute Gasteiger partial charge is 0.264 e. The van der Waals surface area contributed by atoms with Gasteiger partial charge in [0, 0.05) is 13.3 Å². The van der Waals surface area contributed by atoms with Crippen LogP contribution in [-0.4, -0.2) is 17.1 Å². The lowest BCUT2D eigenvalue weighted by molar-refractivity contribution is 0.0287. The summed E-state index contributed by atoms with van der Waals surface area (Å²) in [5.74, 6) is 1.15. The molecular weight excluding hydrogens is 331 g/mol. The van der Waals surface area contributed by atoms with Crippen LogP contribution < -0.4 is 5.56 Å². The number of ether oxygens (including phenoxy) is 1. The van der Waals surface area contributed by atoms with Gasteiger partial charge in [-0.2, -0.15) is 0 Å². The molecule has 0 aromatic carbocycles. The molecule has 0 radical (unpaired) electrons. The van der Waals surface area contributed by atoms with Crippen molar-refractivity contribution in [2.45, 2.75) is 38.2 Å². The average molecular weight is 348 g/mol. The Morgan fingerprint density at radius 2 is 2.18 bits per heavy atom. The van der Waals surface area contributed by atoms with Gasteiger partial charge in [-0.05, 0) is 41.4 Å². The fourth-order valence-corrected chi connectivity index (χ4v) is 2.78. The topological polar surface area (TPSA) is 55.0 Å². The number of H-pyrrole nitrogens is 1. The summed E-state index contributed by atoms with van der Waals surface area (Å²) < 4.78 is 6.15. The first-order valence-corrected chi connectivity index (χ1v) is 7.07. The van der Waals surface area contributed by atoms with E-state index in [4.69, 9.17) is 4.74 Å². The highest BCUT2D eigenvalue weighted by atomic mass is 127. The molecule has 0 saturated heterocycles. The highest BCUT2D eigenvalue weighted by molar-refractivity contribution is 14.1. The van der Waals surface area contributed by atoms with Crippen molar-refractivity contribution < 1.29 is 4.74 Å². The first kappa shape index (κ1) is 13.0. The fraction of sp³-hybridized carbons (Fsp3) is 0.667. The molecule has 0 bridgehead atoms.